The normalized spacial score (nSPS) is 12.2. The van der Waals surface area contributed by atoms with Gasteiger partial charge in [0.1, 0.15) is 17.7 Å². The molecule has 0 spiro atoms. The van der Waals surface area contributed by atoms with Gasteiger partial charge >= 0.3 is 25.7 Å². The summed E-state index contributed by atoms with van der Waals surface area (Å²) >= 11 is 0. The zero-order valence-corrected chi connectivity index (χ0v) is 18.6. The third-order valence-electron chi connectivity index (χ3n) is 3.31. The molecule has 1 radical (unpaired) electrons. The Morgan fingerprint density at radius 3 is 1.87 bits per heavy atom. The monoisotopic (exact) mass is 441 g/mol. The van der Waals surface area contributed by atoms with Crippen LogP contribution in [-0.2, 0) is 20.7 Å². The zero-order valence-electron chi connectivity index (χ0n) is 18.6. The van der Waals surface area contributed by atoms with E-state index in [1.54, 1.807) is 20.8 Å². The van der Waals surface area contributed by atoms with Gasteiger partial charge in [0.25, 0.3) is 0 Å². The second-order valence-electron chi connectivity index (χ2n) is 7.92. The Hall–Kier alpha value is -2.63. The summed E-state index contributed by atoms with van der Waals surface area (Å²) in [4.78, 5) is 32.8. The molecule has 7 N–H and O–H groups in total. The highest BCUT2D eigenvalue weighted by Crippen LogP contribution is 2.08. The van der Waals surface area contributed by atoms with Crippen LogP contribution in [0.3, 0.4) is 0 Å². The first-order valence-corrected chi connectivity index (χ1v) is 9.58. The highest BCUT2D eigenvalue weighted by molar-refractivity contribution is 6.13. The number of hydrogen-bond donors (Lipinski definition) is 6. The topological polar surface area (TPSA) is 179 Å². The number of carbonyl (C=O) groups is 3. The molecule has 0 heterocycles. The van der Waals surface area contributed by atoms with Gasteiger partial charge in [-0.3, -0.25) is 4.79 Å². The molecule has 0 aliphatic carbocycles. The minimum absolute atomic E-state index is 0. The number of carboxylic acids is 2. The number of alkyl carbamates (subject to hydrolysis) is 1. The molecule has 0 saturated carbocycles. The SMILES string of the molecule is CC(C)(C)OC(=O)NC(Cc1ccccc1)C(=O)O.CC(C)CC(N)C(=O)O.O[B]O. The van der Waals surface area contributed by atoms with E-state index in [0.29, 0.717) is 12.3 Å². The van der Waals surface area contributed by atoms with Crippen molar-refractivity contribution in [1.29, 1.82) is 0 Å². The Morgan fingerprint density at radius 1 is 1.06 bits per heavy atom. The molecule has 0 aromatic heterocycles. The molecule has 2 atom stereocenters. The molecule has 0 aliphatic heterocycles. The fraction of sp³-hybridized carbons (Fsp3) is 0.550. The van der Waals surface area contributed by atoms with Gasteiger partial charge in [-0.05, 0) is 38.7 Å². The highest BCUT2D eigenvalue weighted by Gasteiger charge is 2.24. The van der Waals surface area contributed by atoms with Crippen LogP contribution in [0, 0.1) is 5.92 Å². The maximum absolute atomic E-state index is 11.6. The number of aliphatic carboxylic acids is 2. The molecule has 0 saturated heterocycles. The molecule has 1 rings (SSSR count). The molecular weight excluding hydrogens is 407 g/mol. The van der Waals surface area contributed by atoms with Gasteiger partial charge in [-0.1, -0.05) is 44.2 Å². The number of ether oxygens (including phenoxy) is 1. The minimum Gasteiger partial charge on any atom is -0.480 e. The van der Waals surface area contributed by atoms with Crippen LogP contribution in [-0.4, -0.2) is 63.7 Å². The van der Waals surface area contributed by atoms with Crippen LogP contribution in [0.1, 0.15) is 46.6 Å². The molecule has 1 aromatic rings. The molecular formula is C20H34BN2O8. The molecule has 175 valence electrons. The van der Waals surface area contributed by atoms with E-state index in [2.05, 4.69) is 5.32 Å². The number of nitrogens with two attached hydrogens (primary N) is 1. The summed E-state index contributed by atoms with van der Waals surface area (Å²) < 4.78 is 5.04. The molecule has 2 unspecified atom stereocenters. The summed E-state index contributed by atoms with van der Waals surface area (Å²) in [6.45, 7) is 9.06. The Morgan fingerprint density at radius 2 is 1.55 bits per heavy atom. The first kappa shape index (κ1) is 30.6. The lowest BCUT2D eigenvalue weighted by Gasteiger charge is -2.22. The van der Waals surface area contributed by atoms with E-state index in [4.69, 9.17) is 30.7 Å². The number of carbonyl (C=O) groups excluding carboxylic acids is 1. The average Bonchev–Trinajstić information content (AvgIpc) is 2.61. The van der Waals surface area contributed by atoms with E-state index >= 15 is 0 Å². The van der Waals surface area contributed by atoms with Crippen molar-refractivity contribution in [3.8, 4) is 0 Å². The Kier molecular flexibility index (Phi) is 15.9. The van der Waals surface area contributed by atoms with Gasteiger partial charge in [-0.25, -0.2) is 9.59 Å². The Labute approximate surface area is 183 Å². The molecule has 10 nitrogen and oxygen atoms in total. The fourth-order valence-electron chi connectivity index (χ4n) is 2.11. The van der Waals surface area contributed by atoms with Crippen LogP contribution >= 0.6 is 0 Å². The summed E-state index contributed by atoms with van der Waals surface area (Å²) in [6, 6.07) is 7.42. The van der Waals surface area contributed by atoms with Crippen molar-refractivity contribution in [2.45, 2.75) is 65.1 Å². The molecule has 1 amide bonds. The average molecular weight is 441 g/mol. The maximum Gasteiger partial charge on any atom is 0.482 e. The van der Waals surface area contributed by atoms with E-state index in [-0.39, 0.29) is 14.1 Å². The maximum atomic E-state index is 11.6. The van der Waals surface area contributed by atoms with Gasteiger partial charge in [-0.15, -0.1) is 0 Å². The third-order valence-corrected chi connectivity index (χ3v) is 3.31. The number of benzene rings is 1. The van der Waals surface area contributed by atoms with Gasteiger partial charge in [-0.2, -0.15) is 0 Å². The van der Waals surface area contributed by atoms with Crippen molar-refractivity contribution in [2.75, 3.05) is 0 Å². The lowest BCUT2D eigenvalue weighted by molar-refractivity contribution is -0.140. The summed E-state index contributed by atoms with van der Waals surface area (Å²) in [5.41, 5.74) is 5.40. The predicted octanol–water partition coefficient (Wildman–Crippen LogP) is 1.16. The van der Waals surface area contributed by atoms with Crippen LogP contribution in [0.4, 0.5) is 4.79 Å². The van der Waals surface area contributed by atoms with Crippen molar-refractivity contribution < 1.29 is 39.4 Å². The van der Waals surface area contributed by atoms with Gasteiger partial charge < -0.3 is 36.0 Å². The van der Waals surface area contributed by atoms with Crippen molar-refractivity contribution in [2.24, 2.45) is 11.7 Å². The van der Waals surface area contributed by atoms with Crippen LogP contribution < -0.4 is 11.1 Å². The quantitative estimate of drug-likeness (QED) is 0.339. The van der Waals surface area contributed by atoms with Crippen LogP contribution in [0.15, 0.2) is 30.3 Å². The number of nitrogens with one attached hydrogen (secondary N) is 1. The third kappa shape index (κ3) is 19.1. The van der Waals surface area contributed by atoms with Gasteiger partial charge in [0.05, 0.1) is 0 Å². The fourth-order valence-corrected chi connectivity index (χ4v) is 2.11. The van der Waals surface area contributed by atoms with Gasteiger partial charge in [0.2, 0.25) is 0 Å². The molecule has 0 aliphatic rings. The highest BCUT2D eigenvalue weighted by atomic mass is 16.6. The minimum atomic E-state index is -1.09. The molecule has 11 heteroatoms. The van der Waals surface area contributed by atoms with Crippen molar-refractivity contribution in [1.82, 2.24) is 5.32 Å². The number of carboxylic acid groups (broad SMARTS) is 2. The van der Waals surface area contributed by atoms with E-state index in [0.717, 1.165) is 5.56 Å². The lowest BCUT2D eigenvalue weighted by atomic mass is 10.1. The summed E-state index contributed by atoms with van der Waals surface area (Å²) in [5.74, 6) is -1.64. The molecule has 0 bridgehead atoms. The largest absolute Gasteiger partial charge is 0.482 e. The van der Waals surface area contributed by atoms with Crippen molar-refractivity contribution >= 4 is 25.7 Å². The van der Waals surface area contributed by atoms with Crippen LogP contribution in [0.2, 0.25) is 0 Å². The number of amides is 1. The molecule has 1 aromatic carbocycles. The second kappa shape index (κ2) is 16.1. The smallest absolute Gasteiger partial charge is 0.480 e. The van der Waals surface area contributed by atoms with Crippen LogP contribution in [0.25, 0.3) is 0 Å². The number of rotatable bonds is 7. The first-order valence-electron chi connectivity index (χ1n) is 9.58. The lowest BCUT2D eigenvalue weighted by Crippen LogP contribution is -2.44. The first-order chi connectivity index (χ1) is 14.2. The summed E-state index contributed by atoms with van der Waals surface area (Å²) in [7, 11) is 0. The van der Waals surface area contributed by atoms with Gasteiger partial charge in [0.15, 0.2) is 0 Å². The summed E-state index contributed by atoms with van der Waals surface area (Å²) in [5, 5.41) is 33.8. The number of hydrogen-bond acceptors (Lipinski definition) is 7. The van der Waals surface area contributed by atoms with Gasteiger partial charge in [0, 0.05) is 6.42 Å². The van der Waals surface area contributed by atoms with Crippen molar-refractivity contribution in [3.05, 3.63) is 35.9 Å². The van der Waals surface area contributed by atoms with E-state index < -0.39 is 35.7 Å². The van der Waals surface area contributed by atoms with Crippen LogP contribution in [0.5, 0.6) is 0 Å². The standard InChI is InChI=1S/C14H19NO4.C6H13NO2.BH2O2/c1-14(2,3)19-13(18)15-11(12(16)17)9-10-7-5-4-6-8-10;1-4(2)3-5(7)6(8)9;2-1-3/h4-8,11H,9H2,1-3H3,(H,15,18)(H,16,17);4-5H,3,7H2,1-2H3,(H,8,9);2-3H. The second-order valence-corrected chi connectivity index (χ2v) is 7.92. The zero-order chi connectivity index (χ0) is 24.6. The van der Waals surface area contributed by atoms with E-state index in [9.17, 15) is 14.4 Å². The Bertz CT molecular complexity index is 650. The predicted molar refractivity (Wildman–Crippen MR) is 116 cm³/mol. The Balaban J connectivity index is 0. The van der Waals surface area contributed by atoms with E-state index in [1.807, 2.05) is 44.2 Å². The molecule has 31 heavy (non-hydrogen) atoms. The van der Waals surface area contributed by atoms with E-state index in [1.165, 1.54) is 0 Å². The summed E-state index contributed by atoms with van der Waals surface area (Å²) in [6.07, 6.45) is 0.0425. The van der Waals surface area contributed by atoms with Crippen molar-refractivity contribution in [3.63, 3.8) is 0 Å². The molecule has 0 fully saturated rings.